The van der Waals surface area contributed by atoms with Gasteiger partial charge in [-0.1, -0.05) is 18.2 Å². The molecule has 1 saturated heterocycles. The van der Waals surface area contributed by atoms with Crippen molar-refractivity contribution in [2.75, 3.05) is 0 Å². The van der Waals surface area contributed by atoms with E-state index in [1.165, 1.54) is 4.90 Å². The Labute approximate surface area is 145 Å². The molecule has 1 N–H and O–H groups in total. The number of imide groups is 1. The number of amides is 3. The lowest BCUT2D eigenvalue weighted by molar-refractivity contribution is -0.133. The number of nitrogens with one attached hydrogen (secondary N) is 1. The molecule has 0 spiro atoms. The molecule has 128 valence electrons. The molecule has 3 amide bonds. The summed E-state index contributed by atoms with van der Waals surface area (Å²) in [4.78, 5) is 27.0. The molecule has 3 aliphatic rings. The summed E-state index contributed by atoms with van der Waals surface area (Å²) in [5, 5.41) is 7.42. The summed E-state index contributed by atoms with van der Waals surface area (Å²) in [6.45, 7) is 0.276. The van der Waals surface area contributed by atoms with E-state index < -0.39 is 5.54 Å². The molecular weight excluding hydrogens is 316 g/mol. The minimum atomic E-state index is -0.619. The average molecular weight is 336 g/mol. The summed E-state index contributed by atoms with van der Waals surface area (Å²) in [7, 11) is 0. The number of para-hydroxylation sites is 1. The van der Waals surface area contributed by atoms with Crippen molar-refractivity contribution in [3.63, 3.8) is 0 Å². The number of carbonyl (C=O) groups excluding carboxylic acids is 2. The minimum Gasteiger partial charge on any atom is -0.323 e. The van der Waals surface area contributed by atoms with Crippen molar-refractivity contribution in [3.8, 4) is 5.69 Å². The van der Waals surface area contributed by atoms with Crippen molar-refractivity contribution < 1.29 is 9.59 Å². The second kappa shape index (κ2) is 5.18. The van der Waals surface area contributed by atoms with Crippen LogP contribution in [0.2, 0.25) is 0 Å². The Morgan fingerprint density at radius 3 is 2.40 bits per heavy atom. The maximum absolute atomic E-state index is 13.1. The van der Waals surface area contributed by atoms with Gasteiger partial charge in [0, 0.05) is 11.8 Å². The first kappa shape index (κ1) is 14.7. The Hall–Kier alpha value is -2.63. The lowest BCUT2D eigenvalue weighted by atomic mass is 9.87. The topological polar surface area (TPSA) is 67.2 Å². The van der Waals surface area contributed by atoms with Crippen LogP contribution in [0.15, 0.2) is 42.7 Å². The van der Waals surface area contributed by atoms with E-state index >= 15 is 0 Å². The normalized spacial score (nSPS) is 22.3. The molecule has 1 aromatic heterocycles. The van der Waals surface area contributed by atoms with Crippen LogP contribution < -0.4 is 5.32 Å². The van der Waals surface area contributed by atoms with Crippen LogP contribution in [0.5, 0.6) is 0 Å². The van der Waals surface area contributed by atoms with Gasteiger partial charge in [-0.2, -0.15) is 5.10 Å². The Balaban J connectivity index is 1.38. The molecule has 3 fully saturated rings. The Bertz CT molecular complexity index is 824. The third-order valence-electron chi connectivity index (χ3n) is 5.60. The molecular formula is C19H20N4O2. The SMILES string of the molecule is O=C1NC(C2CC2)(C2CC2)C(=O)N1Cc1cnn(-c2ccccc2)c1. The monoisotopic (exact) mass is 336 g/mol. The van der Waals surface area contributed by atoms with Crippen LogP contribution in [0.3, 0.4) is 0 Å². The highest BCUT2D eigenvalue weighted by atomic mass is 16.2. The van der Waals surface area contributed by atoms with Crippen molar-refractivity contribution in [1.29, 1.82) is 0 Å². The lowest BCUT2D eigenvalue weighted by Crippen LogP contribution is -2.51. The number of hydrogen-bond donors (Lipinski definition) is 1. The van der Waals surface area contributed by atoms with E-state index in [1.807, 2.05) is 36.5 Å². The molecule has 25 heavy (non-hydrogen) atoms. The van der Waals surface area contributed by atoms with Gasteiger partial charge in [-0.15, -0.1) is 0 Å². The molecule has 0 atom stereocenters. The van der Waals surface area contributed by atoms with E-state index in [1.54, 1.807) is 10.9 Å². The molecule has 6 heteroatoms. The van der Waals surface area contributed by atoms with Crippen molar-refractivity contribution in [2.45, 2.75) is 37.8 Å². The van der Waals surface area contributed by atoms with Crippen molar-refractivity contribution in [1.82, 2.24) is 20.0 Å². The van der Waals surface area contributed by atoms with E-state index in [9.17, 15) is 9.59 Å². The summed E-state index contributed by atoms with van der Waals surface area (Å²) >= 11 is 0. The van der Waals surface area contributed by atoms with Crippen LogP contribution in [0.25, 0.3) is 5.69 Å². The fraction of sp³-hybridized carbons (Fsp3) is 0.421. The molecule has 2 aromatic rings. The summed E-state index contributed by atoms with van der Waals surface area (Å²) in [6.07, 6.45) is 7.78. The summed E-state index contributed by atoms with van der Waals surface area (Å²) in [6, 6.07) is 9.54. The first-order valence-corrected chi connectivity index (χ1v) is 8.91. The highest BCUT2D eigenvalue weighted by Crippen LogP contribution is 2.54. The first-order valence-electron chi connectivity index (χ1n) is 8.91. The second-order valence-corrected chi connectivity index (χ2v) is 7.37. The van der Waals surface area contributed by atoms with E-state index in [-0.39, 0.29) is 18.5 Å². The highest BCUT2D eigenvalue weighted by molar-refractivity contribution is 6.07. The van der Waals surface area contributed by atoms with Gasteiger partial charge in [-0.3, -0.25) is 9.69 Å². The Morgan fingerprint density at radius 2 is 1.76 bits per heavy atom. The van der Waals surface area contributed by atoms with E-state index in [0.717, 1.165) is 36.9 Å². The smallest absolute Gasteiger partial charge is 0.323 e. The van der Waals surface area contributed by atoms with E-state index in [4.69, 9.17) is 0 Å². The van der Waals surface area contributed by atoms with Gasteiger partial charge in [0.1, 0.15) is 5.54 Å². The quantitative estimate of drug-likeness (QED) is 0.853. The molecule has 0 unspecified atom stereocenters. The predicted molar refractivity (Wildman–Crippen MR) is 90.8 cm³/mol. The summed E-state index contributed by atoms with van der Waals surface area (Å²) in [5.41, 5.74) is 1.19. The van der Waals surface area contributed by atoms with Crippen LogP contribution in [0, 0.1) is 11.8 Å². The average Bonchev–Trinajstić information content (AvgIpc) is 3.55. The van der Waals surface area contributed by atoms with Gasteiger partial charge in [0.05, 0.1) is 18.4 Å². The molecule has 2 saturated carbocycles. The van der Waals surface area contributed by atoms with Gasteiger partial charge in [-0.05, 0) is 49.7 Å². The Morgan fingerprint density at radius 1 is 1.08 bits per heavy atom. The largest absolute Gasteiger partial charge is 0.325 e. The van der Waals surface area contributed by atoms with Crippen molar-refractivity contribution in [2.24, 2.45) is 11.8 Å². The van der Waals surface area contributed by atoms with Crippen LogP contribution in [-0.2, 0) is 11.3 Å². The highest BCUT2D eigenvalue weighted by Gasteiger charge is 2.65. The maximum Gasteiger partial charge on any atom is 0.325 e. The van der Waals surface area contributed by atoms with Crippen LogP contribution in [0.4, 0.5) is 4.79 Å². The standard InChI is InChI=1S/C19H20N4O2/c24-17-19(14-6-7-14,15-8-9-15)21-18(25)22(17)11-13-10-20-23(12-13)16-4-2-1-3-5-16/h1-5,10,12,14-15H,6-9,11H2,(H,21,25). The van der Waals surface area contributed by atoms with Crippen LogP contribution in [-0.4, -0.2) is 32.2 Å². The fourth-order valence-electron chi connectivity index (χ4n) is 4.07. The van der Waals surface area contributed by atoms with Gasteiger partial charge < -0.3 is 5.32 Å². The maximum atomic E-state index is 13.1. The number of carbonyl (C=O) groups is 2. The fourth-order valence-corrected chi connectivity index (χ4v) is 4.07. The second-order valence-electron chi connectivity index (χ2n) is 7.37. The van der Waals surface area contributed by atoms with Crippen molar-refractivity contribution in [3.05, 3.63) is 48.3 Å². The molecule has 6 nitrogen and oxygen atoms in total. The van der Waals surface area contributed by atoms with Gasteiger partial charge >= 0.3 is 6.03 Å². The molecule has 5 rings (SSSR count). The lowest BCUT2D eigenvalue weighted by Gasteiger charge is -2.26. The summed E-state index contributed by atoms with van der Waals surface area (Å²) < 4.78 is 1.77. The van der Waals surface area contributed by atoms with Crippen molar-refractivity contribution >= 4 is 11.9 Å². The number of nitrogens with zero attached hydrogens (tertiary/aromatic N) is 3. The van der Waals surface area contributed by atoms with Gasteiger partial charge in [0.15, 0.2) is 0 Å². The molecule has 2 aliphatic carbocycles. The Kier molecular flexibility index (Phi) is 3.04. The third kappa shape index (κ3) is 2.27. The number of rotatable bonds is 5. The van der Waals surface area contributed by atoms with E-state index in [0.29, 0.717) is 11.8 Å². The third-order valence-corrected chi connectivity index (χ3v) is 5.60. The number of urea groups is 1. The van der Waals surface area contributed by atoms with Gasteiger partial charge in [-0.25, -0.2) is 9.48 Å². The van der Waals surface area contributed by atoms with Gasteiger partial charge in [0.25, 0.3) is 5.91 Å². The number of hydrogen-bond acceptors (Lipinski definition) is 3. The first-order chi connectivity index (χ1) is 12.2. The zero-order chi connectivity index (χ0) is 17.0. The van der Waals surface area contributed by atoms with Crippen LogP contribution in [0.1, 0.15) is 31.2 Å². The predicted octanol–water partition coefficient (Wildman–Crippen LogP) is 2.48. The molecule has 0 bridgehead atoms. The zero-order valence-corrected chi connectivity index (χ0v) is 13.9. The minimum absolute atomic E-state index is 0.0324. The van der Waals surface area contributed by atoms with Gasteiger partial charge in [0.2, 0.25) is 0 Å². The summed E-state index contributed by atoms with van der Waals surface area (Å²) in [5.74, 6) is 0.622. The molecule has 0 radical (unpaired) electrons. The zero-order valence-electron chi connectivity index (χ0n) is 13.9. The molecule has 1 aliphatic heterocycles. The van der Waals surface area contributed by atoms with Crippen LogP contribution >= 0.6 is 0 Å². The number of aromatic nitrogens is 2. The molecule has 1 aromatic carbocycles. The number of benzene rings is 1. The molecule has 2 heterocycles. The van der Waals surface area contributed by atoms with E-state index in [2.05, 4.69) is 10.4 Å².